The number of alkyl halides is 1. The highest BCUT2D eigenvalue weighted by molar-refractivity contribution is 9.08. The molecule has 1 aromatic carbocycles. The van der Waals surface area contributed by atoms with Crippen molar-refractivity contribution in [3.8, 4) is 5.75 Å². The van der Waals surface area contributed by atoms with Crippen LogP contribution in [0, 0.1) is 0 Å². The molecule has 0 aliphatic rings. The molecular formula is C16H26BrO4P. The van der Waals surface area contributed by atoms with Crippen LogP contribution in [0.25, 0.3) is 0 Å². The van der Waals surface area contributed by atoms with Gasteiger partial charge in [-0.2, -0.15) is 0 Å². The second-order valence-electron chi connectivity index (χ2n) is 7.57. The lowest BCUT2D eigenvalue weighted by atomic mass is 9.73. The van der Waals surface area contributed by atoms with Gasteiger partial charge in [-0.25, -0.2) is 0 Å². The van der Waals surface area contributed by atoms with E-state index in [2.05, 4.69) is 57.5 Å². The molecule has 0 aliphatic heterocycles. The monoisotopic (exact) mass is 392 g/mol. The summed E-state index contributed by atoms with van der Waals surface area (Å²) in [6, 6.07) is 3.75. The molecule has 1 aromatic rings. The van der Waals surface area contributed by atoms with Crippen molar-refractivity contribution in [3.05, 3.63) is 28.8 Å². The zero-order valence-electron chi connectivity index (χ0n) is 14.4. The molecule has 1 N–H and O–H groups in total. The van der Waals surface area contributed by atoms with E-state index in [1.807, 2.05) is 6.07 Å². The SMILES string of the molecule is CC(C)(C)c1c(CBr)ccc(OOP(C)(=O)O)c1C(C)(C)C. The third-order valence-electron chi connectivity index (χ3n) is 3.16. The summed E-state index contributed by atoms with van der Waals surface area (Å²) in [6.45, 7) is 13.8. The standard InChI is InChI=1S/C16H26BrO4P/c1-15(2,3)13-11(10-17)8-9-12(14(13)16(4,5)6)20-21-22(7,18)19/h8-9H,10H2,1-7H3,(H,18,19). The maximum atomic E-state index is 11.4. The number of hydrogen-bond acceptors (Lipinski definition) is 3. The summed E-state index contributed by atoms with van der Waals surface area (Å²) in [7, 11) is -3.71. The molecule has 0 bridgehead atoms. The molecule has 22 heavy (non-hydrogen) atoms. The van der Waals surface area contributed by atoms with Gasteiger partial charge in [0, 0.05) is 17.6 Å². The molecule has 0 saturated heterocycles. The Morgan fingerprint density at radius 3 is 1.95 bits per heavy atom. The second-order valence-corrected chi connectivity index (χ2v) is 9.88. The highest BCUT2D eigenvalue weighted by Crippen LogP contribution is 2.44. The van der Waals surface area contributed by atoms with Gasteiger partial charge in [-0.1, -0.05) is 63.5 Å². The van der Waals surface area contributed by atoms with Crippen molar-refractivity contribution in [2.24, 2.45) is 0 Å². The highest BCUT2D eigenvalue weighted by Gasteiger charge is 2.31. The van der Waals surface area contributed by atoms with Gasteiger partial charge in [0.25, 0.3) is 0 Å². The molecular weight excluding hydrogens is 367 g/mol. The first-order valence-electron chi connectivity index (χ1n) is 7.16. The number of halogens is 1. The quantitative estimate of drug-likeness (QED) is 0.326. The summed E-state index contributed by atoms with van der Waals surface area (Å²) in [5, 5.41) is 0.732. The Hall–Kier alpha value is -0.350. The maximum absolute atomic E-state index is 11.4. The van der Waals surface area contributed by atoms with Crippen LogP contribution < -0.4 is 4.89 Å². The molecule has 0 saturated carbocycles. The fourth-order valence-electron chi connectivity index (χ4n) is 2.52. The van der Waals surface area contributed by atoms with Crippen LogP contribution >= 0.6 is 23.5 Å². The van der Waals surface area contributed by atoms with Crippen LogP contribution in [-0.4, -0.2) is 11.6 Å². The molecule has 0 aliphatic carbocycles. The number of rotatable bonds is 4. The number of benzene rings is 1. The van der Waals surface area contributed by atoms with Gasteiger partial charge >= 0.3 is 7.60 Å². The van der Waals surface area contributed by atoms with Crippen molar-refractivity contribution < 1.29 is 19.0 Å². The first-order chi connectivity index (χ1) is 9.77. The minimum absolute atomic E-state index is 0.0970. The van der Waals surface area contributed by atoms with Crippen LogP contribution in [0.15, 0.2) is 12.1 Å². The molecule has 0 amide bonds. The van der Waals surface area contributed by atoms with Crippen molar-refractivity contribution in [3.63, 3.8) is 0 Å². The highest BCUT2D eigenvalue weighted by atomic mass is 79.9. The van der Waals surface area contributed by atoms with Crippen molar-refractivity contribution in [1.82, 2.24) is 0 Å². The molecule has 0 heterocycles. The lowest BCUT2D eigenvalue weighted by Gasteiger charge is -2.33. The topological polar surface area (TPSA) is 55.8 Å². The third kappa shape index (κ3) is 5.09. The van der Waals surface area contributed by atoms with Gasteiger partial charge in [0.1, 0.15) is 0 Å². The van der Waals surface area contributed by atoms with E-state index >= 15 is 0 Å². The van der Waals surface area contributed by atoms with E-state index < -0.39 is 7.60 Å². The lowest BCUT2D eigenvalue weighted by molar-refractivity contribution is -0.109. The first kappa shape index (κ1) is 19.7. The predicted molar refractivity (Wildman–Crippen MR) is 93.9 cm³/mol. The normalized spacial score (nSPS) is 15.5. The molecule has 1 atom stereocenters. The summed E-state index contributed by atoms with van der Waals surface area (Å²) in [4.78, 5) is 14.5. The van der Waals surface area contributed by atoms with Crippen LogP contribution in [0.5, 0.6) is 5.75 Å². The van der Waals surface area contributed by atoms with E-state index in [0.29, 0.717) is 5.75 Å². The van der Waals surface area contributed by atoms with Gasteiger partial charge in [-0.3, -0.25) is 4.57 Å². The van der Waals surface area contributed by atoms with Gasteiger partial charge in [-0.15, -0.1) is 4.67 Å². The second kappa shape index (κ2) is 6.64. The Labute approximate surface area is 141 Å². The summed E-state index contributed by atoms with van der Waals surface area (Å²) >= 11 is 3.54. The molecule has 4 nitrogen and oxygen atoms in total. The fourth-order valence-corrected chi connectivity index (χ4v) is 3.20. The van der Waals surface area contributed by atoms with Crippen molar-refractivity contribution >= 4 is 23.5 Å². The Morgan fingerprint density at radius 2 is 1.59 bits per heavy atom. The molecule has 0 fully saturated rings. The van der Waals surface area contributed by atoms with Crippen LogP contribution in [0.3, 0.4) is 0 Å². The molecule has 6 heteroatoms. The third-order valence-corrected chi connectivity index (χ3v) is 4.12. The Balaban J connectivity index is 3.56. The number of hydrogen-bond donors (Lipinski definition) is 1. The van der Waals surface area contributed by atoms with E-state index in [1.54, 1.807) is 6.07 Å². The van der Waals surface area contributed by atoms with E-state index in [4.69, 9.17) is 9.56 Å². The molecule has 0 aromatic heterocycles. The van der Waals surface area contributed by atoms with E-state index in [0.717, 1.165) is 17.6 Å². The van der Waals surface area contributed by atoms with Crippen LogP contribution in [0.1, 0.15) is 58.2 Å². The van der Waals surface area contributed by atoms with E-state index in [1.165, 1.54) is 11.1 Å². The Morgan fingerprint density at radius 1 is 1.09 bits per heavy atom. The van der Waals surface area contributed by atoms with Crippen molar-refractivity contribution in [2.75, 3.05) is 6.66 Å². The molecule has 1 rings (SSSR count). The molecule has 126 valence electrons. The predicted octanol–water partition coefficient (Wildman–Crippen LogP) is 5.30. The zero-order valence-corrected chi connectivity index (χ0v) is 16.8. The van der Waals surface area contributed by atoms with Gasteiger partial charge in [-0.05, 0) is 28.0 Å². The minimum atomic E-state index is -3.71. The van der Waals surface area contributed by atoms with Crippen molar-refractivity contribution in [1.29, 1.82) is 0 Å². The molecule has 0 radical (unpaired) electrons. The van der Waals surface area contributed by atoms with Gasteiger partial charge < -0.3 is 9.78 Å². The Kier molecular flexibility index (Phi) is 5.95. The average Bonchev–Trinajstić information content (AvgIpc) is 2.31. The minimum Gasteiger partial charge on any atom is -0.329 e. The fraction of sp³-hybridized carbons (Fsp3) is 0.625. The zero-order chi connectivity index (χ0) is 17.3. The van der Waals surface area contributed by atoms with Gasteiger partial charge in [0.05, 0.1) is 0 Å². The van der Waals surface area contributed by atoms with Gasteiger partial charge in [0.2, 0.25) is 0 Å². The molecule has 1 unspecified atom stereocenters. The van der Waals surface area contributed by atoms with Crippen LogP contribution in [0.2, 0.25) is 0 Å². The smallest absolute Gasteiger partial charge is 0.329 e. The van der Waals surface area contributed by atoms with Crippen molar-refractivity contribution in [2.45, 2.75) is 57.7 Å². The van der Waals surface area contributed by atoms with E-state index in [9.17, 15) is 9.46 Å². The van der Waals surface area contributed by atoms with Crippen LogP contribution in [-0.2, 0) is 25.4 Å². The average molecular weight is 393 g/mol. The molecule has 0 spiro atoms. The summed E-state index contributed by atoms with van der Waals surface area (Å²) in [5.41, 5.74) is 3.04. The summed E-state index contributed by atoms with van der Waals surface area (Å²) in [6.07, 6.45) is 0. The van der Waals surface area contributed by atoms with E-state index in [-0.39, 0.29) is 10.8 Å². The largest absolute Gasteiger partial charge is 0.363 e. The van der Waals surface area contributed by atoms with Gasteiger partial charge in [0.15, 0.2) is 5.75 Å². The maximum Gasteiger partial charge on any atom is 0.363 e. The summed E-state index contributed by atoms with van der Waals surface area (Å²) < 4.78 is 16.0. The Bertz CT molecular complexity index is 579. The van der Waals surface area contributed by atoms with Crippen LogP contribution in [0.4, 0.5) is 0 Å². The summed E-state index contributed by atoms with van der Waals surface area (Å²) in [5.74, 6) is 0.484. The lowest BCUT2D eigenvalue weighted by Crippen LogP contribution is -2.25. The first-order valence-corrected chi connectivity index (χ1v) is 10.3.